The van der Waals surface area contributed by atoms with Gasteiger partial charge in [0, 0.05) is 34.3 Å². The SMILES string of the molecule is Cc1c(C(=O)N2CC[Si](C)(C)CC2)nn(-c2ccc(Cl)cc2Cl)c1-c1ccc(Cl)cc1. The number of benzene rings is 2. The van der Waals surface area contributed by atoms with Crippen LogP contribution in [0.2, 0.25) is 40.3 Å². The topological polar surface area (TPSA) is 38.1 Å². The van der Waals surface area contributed by atoms with Crippen molar-refractivity contribution in [2.45, 2.75) is 32.1 Å². The number of hydrogen-bond acceptors (Lipinski definition) is 2. The second kappa shape index (κ2) is 8.62. The highest BCUT2D eigenvalue weighted by Crippen LogP contribution is 2.34. The number of aromatic nitrogens is 2. The first-order chi connectivity index (χ1) is 14.7. The van der Waals surface area contributed by atoms with Crippen LogP contribution in [0.25, 0.3) is 16.9 Å². The zero-order valence-corrected chi connectivity index (χ0v) is 21.0. The molecule has 1 aromatic heterocycles. The molecular formula is C23H24Cl3N3OSi. The van der Waals surface area contributed by atoms with E-state index in [1.165, 1.54) is 0 Å². The van der Waals surface area contributed by atoms with Crippen molar-refractivity contribution < 1.29 is 4.79 Å². The van der Waals surface area contributed by atoms with Crippen molar-refractivity contribution in [3.63, 3.8) is 0 Å². The Morgan fingerprint density at radius 1 is 0.968 bits per heavy atom. The Morgan fingerprint density at radius 3 is 2.19 bits per heavy atom. The van der Waals surface area contributed by atoms with E-state index in [1.54, 1.807) is 16.8 Å². The standard InChI is InChI=1S/C23H24Cl3N3OSi/c1-15-21(23(30)28-10-12-31(2,3)13-11-28)27-29(20-9-8-18(25)14-19(20)26)22(15)16-4-6-17(24)7-5-16/h4-9,14H,10-13H2,1-3H3. The average Bonchev–Trinajstić information content (AvgIpc) is 3.05. The van der Waals surface area contributed by atoms with Gasteiger partial charge in [-0.15, -0.1) is 0 Å². The Hall–Kier alpha value is -1.79. The van der Waals surface area contributed by atoms with Crippen molar-refractivity contribution >= 4 is 48.8 Å². The molecule has 0 bridgehead atoms. The van der Waals surface area contributed by atoms with Gasteiger partial charge in [0.2, 0.25) is 0 Å². The summed E-state index contributed by atoms with van der Waals surface area (Å²) in [7, 11) is -1.18. The second-order valence-corrected chi connectivity index (χ2v) is 15.4. The van der Waals surface area contributed by atoms with Crippen LogP contribution in [0.4, 0.5) is 0 Å². The molecule has 2 heterocycles. The minimum atomic E-state index is -1.18. The summed E-state index contributed by atoms with van der Waals surface area (Å²) in [5.41, 5.74) is 3.67. The third-order valence-corrected chi connectivity index (χ3v) is 9.93. The molecule has 0 spiro atoms. The quantitative estimate of drug-likeness (QED) is 0.370. The van der Waals surface area contributed by atoms with Crippen LogP contribution in [0.3, 0.4) is 0 Å². The van der Waals surface area contributed by atoms with Crippen molar-refractivity contribution in [3.05, 3.63) is 68.8 Å². The van der Waals surface area contributed by atoms with E-state index in [4.69, 9.17) is 39.9 Å². The summed E-state index contributed by atoms with van der Waals surface area (Å²) < 4.78 is 1.74. The number of carbonyl (C=O) groups is 1. The molecule has 162 valence electrons. The number of amides is 1. The fraction of sp³-hybridized carbons (Fsp3) is 0.304. The lowest BCUT2D eigenvalue weighted by atomic mass is 10.1. The van der Waals surface area contributed by atoms with E-state index >= 15 is 0 Å². The van der Waals surface area contributed by atoms with Gasteiger partial charge >= 0.3 is 0 Å². The van der Waals surface area contributed by atoms with Gasteiger partial charge in [-0.2, -0.15) is 5.10 Å². The molecule has 1 aliphatic rings. The van der Waals surface area contributed by atoms with Gasteiger partial charge in [0.25, 0.3) is 5.91 Å². The van der Waals surface area contributed by atoms with E-state index < -0.39 is 8.07 Å². The van der Waals surface area contributed by atoms with Crippen molar-refractivity contribution in [1.82, 2.24) is 14.7 Å². The highest BCUT2D eigenvalue weighted by molar-refractivity contribution is 6.77. The molecule has 1 saturated heterocycles. The summed E-state index contributed by atoms with van der Waals surface area (Å²) in [5, 5.41) is 6.41. The van der Waals surface area contributed by atoms with E-state index in [9.17, 15) is 4.79 Å². The summed E-state index contributed by atoms with van der Waals surface area (Å²) in [6, 6.07) is 15.0. The lowest BCUT2D eigenvalue weighted by Crippen LogP contribution is -2.45. The molecule has 0 unspecified atom stereocenters. The second-order valence-electron chi connectivity index (χ2n) is 8.79. The minimum Gasteiger partial charge on any atom is -0.338 e. The summed E-state index contributed by atoms with van der Waals surface area (Å²) in [5.74, 6) is -0.0268. The maximum atomic E-state index is 13.4. The van der Waals surface area contributed by atoms with E-state index in [0.717, 1.165) is 42.0 Å². The largest absolute Gasteiger partial charge is 0.338 e. The van der Waals surface area contributed by atoms with Crippen LogP contribution in [0.1, 0.15) is 16.1 Å². The molecule has 0 radical (unpaired) electrons. The first-order valence-electron chi connectivity index (χ1n) is 10.3. The lowest BCUT2D eigenvalue weighted by molar-refractivity contribution is 0.0758. The normalized spacial score (nSPS) is 15.9. The number of hydrogen-bond donors (Lipinski definition) is 0. The molecule has 1 fully saturated rings. The predicted molar refractivity (Wildman–Crippen MR) is 132 cm³/mol. The Morgan fingerprint density at radius 2 is 1.58 bits per heavy atom. The van der Waals surface area contributed by atoms with Crippen LogP contribution in [0.15, 0.2) is 42.5 Å². The van der Waals surface area contributed by atoms with Crippen molar-refractivity contribution in [2.75, 3.05) is 13.1 Å². The molecule has 4 rings (SSSR count). The van der Waals surface area contributed by atoms with Gasteiger partial charge in [0.1, 0.15) is 0 Å². The van der Waals surface area contributed by atoms with E-state index in [2.05, 4.69) is 13.1 Å². The molecule has 0 aliphatic carbocycles. The molecule has 0 N–H and O–H groups in total. The van der Waals surface area contributed by atoms with Crippen LogP contribution in [-0.2, 0) is 0 Å². The van der Waals surface area contributed by atoms with Crippen LogP contribution in [0, 0.1) is 6.92 Å². The number of nitrogens with zero attached hydrogens (tertiary/aromatic N) is 3. The number of halogens is 3. The van der Waals surface area contributed by atoms with Crippen molar-refractivity contribution in [1.29, 1.82) is 0 Å². The highest BCUT2D eigenvalue weighted by Gasteiger charge is 2.32. The Kier molecular flexibility index (Phi) is 6.23. The van der Waals surface area contributed by atoms with Gasteiger partial charge in [-0.1, -0.05) is 60.0 Å². The van der Waals surface area contributed by atoms with Crippen molar-refractivity contribution in [3.8, 4) is 16.9 Å². The third kappa shape index (κ3) is 4.56. The first kappa shape index (κ1) is 22.4. The number of carbonyl (C=O) groups excluding carboxylic acids is 1. The van der Waals surface area contributed by atoms with Gasteiger partial charge < -0.3 is 4.90 Å². The number of rotatable bonds is 3. The van der Waals surface area contributed by atoms with Crippen LogP contribution in [-0.4, -0.2) is 41.8 Å². The molecule has 2 aromatic carbocycles. The molecule has 3 aromatic rings. The Bertz CT molecular complexity index is 1130. The summed E-state index contributed by atoms with van der Waals surface area (Å²) in [6.45, 7) is 8.30. The molecule has 31 heavy (non-hydrogen) atoms. The van der Waals surface area contributed by atoms with E-state index in [1.807, 2.05) is 42.2 Å². The molecule has 4 nitrogen and oxygen atoms in total. The van der Waals surface area contributed by atoms with Gasteiger partial charge in [0.05, 0.1) is 24.5 Å². The van der Waals surface area contributed by atoms with Crippen LogP contribution >= 0.6 is 34.8 Å². The summed E-state index contributed by atoms with van der Waals surface area (Å²) >= 11 is 18.7. The molecule has 0 saturated carbocycles. The van der Waals surface area contributed by atoms with E-state index in [0.29, 0.717) is 26.4 Å². The van der Waals surface area contributed by atoms with Crippen molar-refractivity contribution in [2.24, 2.45) is 0 Å². The zero-order valence-electron chi connectivity index (χ0n) is 17.8. The monoisotopic (exact) mass is 491 g/mol. The van der Waals surface area contributed by atoms with Gasteiger partial charge in [-0.3, -0.25) is 4.79 Å². The third-order valence-electron chi connectivity index (χ3n) is 5.98. The van der Waals surface area contributed by atoms with Gasteiger partial charge in [0.15, 0.2) is 5.69 Å². The molecule has 1 aliphatic heterocycles. The van der Waals surface area contributed by atoms with E-state index in [-0.39, 0.29) is 5.91 Å². The minimum absolute atomic E-state index is 0.0268. The Balaban J connectivity index is 1.82. The molecular weight excluding hydrogens is 469 g/mol. The average molecular weight is 493 g/mol. The lowest BCUT2D eigenvalue weighted by Gasteiger charge is -2.35. The van der Waals surface area contributed by atoms with Crippen LogP contribution in [0.5, 0.6) is 0 Å². The maximum absolute atomic E-state index is 13.4. The molecule has 8 heteroatoms. The Labute approximate surface area is 198 Å². The smallest absolute Gasteiger partial charge is 0.274 e. The summed E-state index contributed by atoms with van der Waals surface area (Å²) in [4.78, 5) is 15.4. The van der Waals surface area contributed by atoms with Gasteiger partial charge in [-0.25, -0.2) is 4.68 Å². The molecule has 0 atom stereocenters. The summed E-state index contributed by atoms with van der Waals surface area (Å²) in [6.07, 6.45) is 0. The zero-order chi connectivity index (χ0) is 22.3. The fourth-order valence-corrected chi connectivity index (χ4v) is 6.55. The maximum Gasteiger partial charge on any atom is 0.274 e. The fourth-order valence-electron chi connectivity index (χ4n) is 3.94. The van der Waals surface area contributed by atoms with Crippen LogP contribution < -0.4 is 0 Å². The first-order valence-corrected chi connectivity index (χ1v) is 14.8. The predicted octanol–water partition coefficient (Wildman–Crippen LogP) is 6.97. The highest BCUT2D eigenvalue weighted by atomic mass is 35.5. The van der Waals surface area contributed by atoms with Gasteiger partial charge in [-0.05, 0) is 49.3 Å². The molecule has 1 amide bonds.